The molecule has 1 heterocycles. The van der Waals surface area contributed by atoms with Gasteiger partial charge in [-0.15, -0.1) is 0 Å². The molecule has 0 aromatic carbocycles. The Balaban J connectivity index is 3.00. The maximum Gasteiger partial charge on any atom is 0.244 e. The Labute approximate surface area is 65.0 Å². The highest BCUT2D eigenvalue weighted by Gasteiger charge is 2.26. The summed E-state index contributed by atoms with van der Waals surface area (Å²) in [4.78, 5) is 10.9. The minimum Gasteiger partial charge on any atom is -0.368 e. The molecule has 0 fully saturated rings. The Morgan fingerprint density at radius 1 is 1.73 bits per heavy atom. The van der Waals surface area contributed by atoms with Crippen molar-refractivity contribution < 1.29 is 4.79 Å². The summed E-state index contributed by atoms with van der Waals surface area (Å²) in [6.07, 6.45) is 3.08. The van der Waals surface area contributed by atoms with E-state index in [0.717, 1.165) is 0 Å². The van der Waals surface area contributed by atoms with Gasteiger partial charge in [0.1, 0.15) is 5.54 Å². The molecule has 4 nitrogen and oxygen atoms in total. The summed E-state index contributed by atoms with van der Waals surface area (Å²) < 4.78 is 1.48. The summed E-state index contributed by atoms with van der Waals surface area (Å²) in [5.74, 6) is -0.408. The van der Waals surface area contributed by atoms with E-state index in [1.54, 1.807) is 20.0 Å². The van der Waals surface area contributed by atoms with Crippen LogP contribution in [-0.4, -0.2) is 15.7 Å². The van der Waals surface area contributed by atoms with Crippen LogP contribution in [0, 0.1) is 6.07 Å². The second-order valence-corrected chi connectivity index (χ2v) is 2.81. The van der Waals surface area contributed by atoms with E-state index >= 15 is 0 Å². The predicted octanol–water partition coefficient (Wildman–Crippen LogP) is -0.0963. The number of primary amides is 1. The molecule has 11 heavy (non-hydrogen) atoms. The van der Waals surface area contributed by atoms with Crippen LogP contribution in [0.15, 0.2) is 12.4 Å². The highest BCUT2D eigenvalue weighted by Crippen LogP contribution is 2.11. The molecule has 0 aliphatic rings. The lowest BCUT2D eigenvalue weighted by molar-refractivity contribution is -0.125. The highest BCUT2D eigenvalue weighted by atomic mass is 16.1. The van der Waals surface area contributed by atoms with E-state index in [4.69, 9.17) is 5.73 Å². The smallest absolute Gasteiger partial charge is 0.244 e. The fourth-order valence-corrected chi connectivity index (χ4v) is 0.651. The average molecular weight is 152 g/mol. The Hall–Kier alpha value is -1.32. The zero-order chi connectivity index (χ0) is 8.48. The monoisotopic (exact) mass is 152 g/mol. The third-order valence-electron chi connectivity index (χ3n) is 1.63. The van der Waals surface area contributed by atoms with Gasteiger partial charge in [0.25, 0.3) is 0 Å². The summed E-state index contributed by atoms with van der Waals surface area (Å²) in [7, 11) is 0. The summed E-state index contributed by atoms with van der Waals surface area (Å²) in [6, 6.07) is 2.73. The lowest BCUT2D eigenvalue weighted by Crippen LogP contribution is -2.41. The van der Waals surface area contributed by atoms with Gasteiger partial charge in [-0.2, -0.15) is 5.10 Å². The molecule has 0 atom stereocenters. The van der Waals surface area contributed by atoms with Crippen molar-refractivity contribution in [2.24, 2.45) is 5.73 Å². The quantitative estimate of drug-likeness (QED) is 0.643. The van der Waals surface area contributed by atoms with Crippen LogP contribution in [0.2, 0.25) is 0 Å². The first-order chi connectivity index (χ1) is 5.05. The lowest BCUT2D eigenvalue weighted by atomic mass is 10.1. The van der Waals surface area contributed by atoms with E-state index in [2.05, 4.69) is 11.2 Å². The Morgan fingerprint density at radius 2 is 2.36 bits per heavy atom. The molecule has 59 valence electrons. The summed E-state index contributed by atoms with van der Waals surface area (Å²) in [5.41, 5.74) is 4.38. The van der Waals surface area contributed by atoms with Crippen LogP contribution in [0.25, 0.3) is 0 Å². The second-order valence-electron chi connectivity index (χ2n) is 2.81. The summed E-state index contributed by atoms with van der Waals surface area (Å²) in [5, 5.41) is 3.87. The molecule has 0 aliphatic heterocycles. The molecule has 0 bridgehead atoms. The highest BCUT2D eigenvalue weighted by molar-refractivity contribution is 5.81. The number of nitrogens with two attached hydrogens (primary N) is 1. The van der Waals surface area contributed by atoms with Gasteiger partial charge in [0, 0.05) is 12.3 Å². The third kappa shape index (κ3) is 1.24. The fraction of sp³-hybridized carbons (Fsp3) is 0.429. The zero-order valence-electron chi connectivity index (χ0n) is 6.53. The van der Waals surface area contributed by atoms with E-state index in [-0.39, 0.29) is 0 Å². The van der Waals surface area contributed by atoms with Gasteiger partial charge in [-0.1, -0.05) is 0 Å². The molecule has 4 heteroatoms. The van der Waals surface area contributed by atoms with Gasteiger partial charge < -0.3 is 5.73 Å². The second kappa shape index (κ2) is 2.38. The van der Waals surface area contributed by atoms with Crippen molar-refractivity contribution >= 4 is 5.91 Å². The van der Waals surface area contributed by atoms with E-state index in [0.29, 0.717) is 0 Å². The van der Waals surface area contributed by atoms with Crippen molar-refractivity contribution in [3.05, 3.63) is 18.5 Å². The molecule has 2 N–H and O–H groups in total. The first-order valence-electron chi connectivity index (χ1n) is 3.26. The van der Waals surface area contributed by atoms with Crippen molar-refractivity contribution in [1.29, 1.82) is 0 Å². The van der Waals surface area contributed by atoms with Crippen molar-refractivity contribution in [3.63, 3.8) is 0 Å². The number of hydrogen-bond donors (Lipinski definition) is 1. The van der Waals surface area contributed by atoms with Gasteiger partial charge in [-0.3, -0.25) is 9.48 Å². The molecular weight excluding hydrogens is 142 g/mol. The maximum absolute atomic E-state index is 10.9. The standard InChI is InChI=1S/C7H10N3O/c1-7(2,6(8)11)10-5-3-4-9-10/h4-5H,1-2H3,(H2,8,11). The molecule has 1 amide bonds. The topological polar surface area (TPSA) is 60.9 Å². The van der Waals surface area contributed by atoms with E-state index in [9.17, 15) is 4.79 Å². The average Bonchev–Trinajstić information content (AvgIpc) is 2.37. The van der Waals surface area contributed by atoms with Gasteiger partial charge in [-0.25, -0.2) is 0 Å². The molecule has 0 saturated carbocycles. The zero-order valence-corrected chi connectivity index (χ0v) is 6.53. The van der Waals surface area contributed by atoms with Crippen LogP contribution in [0.1, 0.15) is 13.8 Å². The Bertz CT molecular complexity index is 251. The van der Waals surface area contributed by atoms with Gasteiger partial charge in [-0.05, 0) is 13.8 Å². The van der Waals surface area contributed by atoms with Crippen LogP contribution >= 0.6 is 0 Å². The van der Waals surface area contributed by atoms with Crippen molar-refractivity contribution in [3.8, 4) is 0 Å². The number of carbonyl (C=O) groups excluding carboxylic acids is 1. The van der Waals surface area contributed by atoms with Gasteiger partial charge in [0.05, 0.1) is 6.20 Å². The predicted molar refractivity (Wildman–Crippen MR) is 39.6 cm³/mol. The number of nitrogens with zero attached hydrogens (tertiary/aromatic N) is 2. The molecule has 0 saturated heterocycles. The lowest BCUT2D eigenvalue weighted by Gasteiger charge is -2.20. The molecule has 1 radical (unpaired) electrons. The maximum atomic E-state index is 10.9. The fourth-order valence-electron chi connectivity index (χ4n) is 0.651. The van der Waals surface area contributed by atoms with Crippen molar-refractivity contribution in [1.82, 2.24) is 9.78 Å². The normalized spacial score (nSPS) is 11.5. The first kappa shape index (κ1) is 7.78. The third-order valence-corrected chi connectivity index (χ3v) is 1.63. The van der Waals surface area contributed by atoms with Crippen LogP contribution in [0.3, 0.4) is 0 Å². The van der Waals surface area contributed by atoms with Crippen molar-refractivity contribution in [2.75, 3.05) is 0 Å². The first-order valence-corrected chi connectivity index (χ1v) is 3.26. The minimum atomic E-state index is -0.764. The largest absolute Gasteiger partial charge is 0.368 e. The number of amides is 1. The van der Waals surface area contributed by atoms with E-state index < -0.39 is 11.4 Å². The minimum absolute atomic E-state index is 0.408. The van der Waals surface area contributed by atoms with Gasteiger partial charge in [0.15, 0.2) is 0 Å². The number of aromatic nitrogens is 2. The number of hydrogen-bond acceptors (Lipinski definition) is 2. The van der Waals surface area contributed by atoms with Gasteiger partial charge in [0.2, 0.25) is 5.91 Å². The molecule has 1 aromatic heterocycles. The Morgan fingerprint density at radius 3 is 2.73 bits per heavy atom. The van der Waals surface area contributed by atoms with Crippen LogP contribution in [-0.2, 0) is 10.3 Å². The summed E-state index contributed by atoms with van der Waals surface area (Å²) in [6.45, 7) is 3.41. The molecule has 1 rings (SSSR count). The van der Waals surface area contributed by atoms with Crippen LogP contribution in [0.5, 0.6) is 0 Å². The SMILES string of the molecule is CC(C)(C(N)=O)n1c[c]cn1. The molecule has 1 aromatic rings. The van der Waals surface area contributed by atoms with Crippen molar-refractivity contribution in [2.45, 2.75) is 19.4 Å². The Kier molecular flexibility index (Phi) is 1.68. The molecule has 0 spiro atoms. The number of rotatable bonds is 2. The summed E-state index contributed by atoms with van der Waals surface area (Å²) >= 11 is 0. The van der Waals surface area contributed by atoms with Crippen LogP contribution in [0.4, 0.5) is 0 Å². The van der Waals surface area contributed by atoms with E-state index in [1.807, 2.05) is 0 Å². The molecule has 0 aliphatic carbocycles. The van der Waals surface area contributed by atoms with E-state index in [1.165, 1.54) is 10.9 Å². The van der Waals surface area contributed by atoms with Crippen LogP contribution < -0.4 is 5.73 Å². The molecule has 0 unspecified atom stereocenters. The van der Waals surface area contributed by atoms with Gasteiger partial charge >= 0.3 is 0 Å². The molecular formula is C7H10N3O. The number of carbonyl (C=O) groups is 1.